The van der Waals surface area contributed by atoms with Crippen molar-refractivity contribution in [1.82, 2.24) is 14.5 Å². The molecule has 0 amide bonds. The molecule has 0 aliphatic rings. The second kappa shape index (κ2) is 18.0. The van der Waals surface area contributed by atoms with Gasteiger partial charge in [-0.3, -0.25) is 9.55 Å². The fourth-order valence-corrected chi connectivity index (χ4v) is 8.48. The van der Waals surface area contributed by atoms with Crippen LogP contribution in [0.4, 0.5) is 0 Å². The molecule has 5 heteroatoms. The normalized spacial score (nSPS) is 13.5. The Morgan fingerprint density at radius 1 is 0.567 bits per heavy atom. The van der Waals surface area contributed by atoms with Gasteiger partial charge in [0.25, 0.3) is 0 Å². The average Bonchev–Trinajstić information content (AvgIpc) is 3.73. The first-order valence-corrected chi connectivity index (χ1v) is 22.6. The summed E-state index contributed by atoms with van der Waals surface area (Å²) in [5, 5.41) is 12.5. The van der Waals surface area contributed by atoms with E-state index in [2.05, 4.69) is 107 Å². The molecule has 0 spiro atoms. The van der Waals surface area contributed by atoms with Crippen LogP contribution < -0.4 is 0 Å². The molecule has 0 atom stereocenters. The number of phenols is 1. The van der Waals surface area contributed by atoms with Crippen molar-refractivity contribution in [2.75, 3.05) is 0 Å². The van der Waals surface area contributed by atoms with Gasteiger partial charge in [0.2, 0.25) is 0 Å². The summed E-state index contributed by atoms with van der Waals surface area (Å²) in [6.07, 6.45) is -0.488. The van der Waals surface area contributed by atoms with Gasteiger partial charge in [0.15, 0.2) is 0 Å². The van der Waals surface area contributed by atoms with Crippen LogP contribution in [0.5, 0.6) is 5.75 Å². The molecule has 0 saturated heterocycles. The fraction of sp³-hybridized carbons (Fsp3) is 0.226. The zero-order valence-corrected chi connectivity index (χ0v) is 42.3. The number of aryl methyl sites for hydroxylation is 1. The standard InChI is InChI=1S/C62H60N3O.Pt/c1-39-31-50(38-52(40(39)2)43-21-16-13-17-22-43)65-56-24-18-23-51(57(56)64-59(65)53-36-49(61(6,7)8)37-54(58(53)66)62(9,10)11)46-32-45(41-19-14-12-15-20-41)33-47(34-46)55-35-44(29-30-63-55)42-25-27-48(28-26-42)60(3,4)5;/h12-33,35-38,66H,1-11H3;/q-1;/i25D,26D,27D,28D,29D,30D,35D;. The minimum Gasteiger partial charge on any atom is -0.507 e. The van der Waals surface area contributed by atoms with Crippen LogP contribution in [0.1, 0.15) is 99.7 Å². The van der Waals surface area contributed by atoms with Crippen molar-refractivity contribution in [3.8, 4) is 78.6 Å². The number of hydrogen-bond acceptors (Lipinski definition) is 3. The number of fused-ring (bicyclic) bond motifs is 1. The molecule has 0 saturated carbocycles. The van der Waals surface area contributed by atoms with Gasteiger partial charge in [0.1, 0.15) is 11.6 Å². The van der Waals surface area contributed by atoms with E-state index in [1.165, 1.54) is 0 Å². The van der Waals surface area contributed by atoms with Crippen LogP contribution in [0, 0.1) is 19.9 Å². The zero-order chi connectivity index (χ0) is 52.8. The van der Waals surface area contributed by atoms with E-state index in [0.717, 1.165) is 55.7 Å². The number of rotatable bonds is 7. The Morgan fingerprint density at radius 3 is 1.85 bits per heavy atom. The second-order valence-corrected chi connectivity index (χ2v) is 20.4. The van der Waals surface area contributed by atoms with Crippen LogP contribution >= 0.6 is 0 Å². The maximum absolute atomic E-state index is 12.5. The number of para-hydroxylation sites is 1. The molecule has 0 bridgehead atoms. The Kier molecular flexibility index (Phi) is 10.4. The van der Waals surface area contributed by atoms with Gasteiger partial charge in [-0.1, -0.05) is 188 Å². The van der Waals surface area contributed by atoms with Crippen molar-refractivity contribution in [2.45, 2.75) is 92.4 Å². The fourth-order valence-electron chi connectivity index (χ4n) is 8.48. The molecule has 2 aromatic heterocycles. The minimum absolute atomic E-state index is 0. The van der Waals surface area contributed by atoms with Crippen molar-refractivity contribution < 1.29 is 35.8 Å². The van der Waals surface area contributed by atoms with Crippen LogP contribution in [0.2, 0.25) is 0 Å². The number of imidazole rings is 1. The van der Waals surface area contributed by atoms with Crippen LogP contribution in [0.15, 0.2) is 158 Å². The summed E-state index contributed by atoms with van der Waals surface area (Å²) < 4.78 is 66.2. The van der Waals surface area contributed by atoms with E-state index in [0.29, 0.717) is 33.6 Å². The molecule has 2 heterocycles. The van der Waals surface area contributed by atoms with Gasteiger partial charge in [-0.2, -0.15) is 0 Å². The van der Waals surface area contributed by atoms with Crippen molar-refractivity contribution in [1.29, 1.82) is 0 Å². The topological polar surface area (TPSA) is 50.9 Å². The number of nitrogens with zero attached hydrogens (tertiary/aromatic N) is 3. The van der Waals surface area contributed by atoms with E-state index in [9.17, 15) is 6.48 Å². The Balaban J connectivity index is 0.00000729. The van der Waals surface area contributed by atoms with Gasteiger partial charge >= 0.3 is 0 Å². The van der Waals surface area contributed by atoms with Crippen LogP contribution in [-0.4, -0.2) is 19.6 Å². The van der Waals surface area contributed by atoms with Gasteiger partial charge in [-0.05, 0) is 110 Å². The maximum atomic E-state index is 12.5. The van der Waals surface area contributed by atoms with Gasteiger partial charge < -0.3 is 5.11 Å². The molecule has 340 valence electrons. The number of aromatic nitrogens is 3. The van der Waals surface area contributed by atoms with Gasteiger partial charge in [0.05, 0.1) is 26.2 Å². The molecule has 67 heavy (non-hydrogen) atoms. The van der Waals surface area contributed by atoms with Crippen molar-refractivity contribution in [2.24, 2.45) is 0 Å². The average molecular weight is 1070 g/mol. The number of hydrogen-bond donors (Lipinski definition) is 1. The van der Waals surface area contributed by atoms with Gasteiger partial charge in [-0.25, -0.2) is 4.98 Å². The third-order valence-electron chi connectivity index (χ3n) is 12.4. The molecule has 9 aromatic rings. The van der Waals surface area contributed by atoms with E-state index < -0.39 is 35.1 Å². The van der Waals surface area contributed by atoms with E-state index in [-0.39, 0.29) is 72.7 Å². The Hall–Kier alpha value is -6.35. The second-order valence-electron chi connectivity index (χ2n) is 20.4. The van der Waals surface area contributed by atoms with E-state index in [1.54, 1.807) is 0 Å². The first kappa shape index (κ1) is 38.7. The summed E-state index contributed by atoms with van der Waals surface area (Å²) in [5.41, 5.74) is 10.6. The van der Waals surface area contributed by atoms with Crippen LogP contribution in [0.25, 0.3) is 83.9 Å². The predicted octanol–water partition coefficient (Wildman–Crippen LogP) is 16.4. The van der Waals surface area contributed by atoms with Crippen molar-refractivity contribution >= 4 is 11.0 Å². The van der Waals surface area contributed by atoms with Crippen LogP contribution in [0.3, 0.4) is 0 Å². The Morgan fingerprint density at radius 2 is 1.21 bits per heavy atom. The summed E-state index contributed by atoms with van der Waals surface area (Å²) in [6, 6.07) is 39.8. The molecule has 0 fully saturated rings. The molecule has 0 aliphatic heterocycles. The smallest absolute Gasteiger partial charge is 0.148 e. The first-order chi connectivity index (χ1) is 34.3. The molecule has 0 unspecified atom stereocenters. The number of pyridine rings is 1. The predicted molar refractivity (Wildman–Crippen MR) is 278 cm³/mol. The van der Waals surface area contributed by atoms with E-state index >= 15 is 0 Å². The molecule has 0 radical (unpaired) electrons. The van der Waals surface area contributed by atoms with Crippen LogP contribution in [-0.2, 0) is 37.3 Å². The Bertz CT molecular complexity index is 3650. The number of phenolic OH excluding ortho intramolecular Hbond substituents is 1. The molecule has 4 nitrogen and oxygen atoms in total. The summed E-state index contributed by atoms with van der Waals surface area (Å²) in [7, 11) is 0. The maximum Gasteiger partial charge on any atom is 0.148 e. The third kappa shape index (κ3) is 9.34. The molecule has 9 rings (SSSR count). The largest absolute Gasteiger partial charge is 0.507 e. The van der Waals surface area contributed by atoms with Crippen molar-refractivity contribution in [3.63, 3.8) is 0 Å². The summed E-state index contributed by atoms with van der Waals surface area (Å²) in [6.45, 7) is 22.5. The SMILES string of the molecule is [2H]c1nc(-c2[c-]c(-c3cccc4c3nc(-c3cc(C(C)(C)C)cc(C(C)(C)C)c3O)n4-c3cc(C)c(C)c(-c4ccccc4)c3)cc(-c3ccccc3)c2)c([2H])c(-c2c([2H])c([2H])c(C(C)(C)C)c([2H])c2[2H])c1[2H].[Pt]. The summed E-state index contributed by atoms with van der Waals surface area (Å²) in [4.78, 5) is 10.1. The summed E-state index contributed by atoms with van der Waals surface area (Å²) in [5.74, 6) is 0.689. The van der Waals surface area contributed by atoms with Gasteiger partial charge in [0, 0.05) is 44.2 Å². The molecular formula is C62H60N3OPt-. The minimum atomic E-state index is -0.727. The first-order valence-electron chi connectivity index (χ1n) is 26.1. The van der Waals surface area contributed by atoms with E-state index in [1.807, 2.05) is 99.6 Å². The number of aromatic hydroxyl groups is 1. The monoisotopic (exact) mass is 1060 g/mol. The van der Waals surface area contributed by atoms with E-state index in [4.69, 9.17) is 13.2 Å². The zero-order valence-electron chi connectivity index (χ0n) is 47.1. The van der Waals surface area contributed by atoms with Gasteiger partial charge in [-0.15, -0.1) is 23.8 Å². The Labute approximate surface area is 421 Å². The summed E-state index contributed by atoms with van der Waals surface area (Å²) >= 11 is 0. The quantitative estimate of drug-likeness (QED) is 0.162. The molecule has 7 aromatic carbocycles. The molecular weight excluding hydrogens is 998 g/mol. The third-order valence-corrected chi connectivity index (χ3v) is 12.4. The molecule has 0 aliphatic carbocycles. The van der Waals surface area contributed by atoms with Crippen molar-refractivity contribution in [3.05, 3.63) is 192 Å². The number of benzene rings is 7. The molecule has 1 N–H and O–H groups in total.